The number of nitriles is 1. The van der Waals surface area contributed by atoms with Crippen molar-refractivity contribution in [2.45, 2.75) is 6.04 Å². The van der Waals surface area contributed by atoms with E-state index in [1.54, 1.807) is 13.3 Å². The molecule has 0 saturated carbocycles. The van der Waals surface area contributed by atoms with Crippen LogP contribution in [0.15, 0.2) is 45.5 Å². The number of pyridine rings is 1. The standard InChI is InChI=1S/C14H11Br2N3O/c1-20-11-4-2-3-10(6-11)19-13(7-17)14-12(16)5-9(15)8-18-14/h2-6,8,13,19H,1H3. The van der Waals surface area contributed by atoms with E-state index >= 15 is 0 Å². The van der Waals surface area contributed by atoms with Crippen LogP contribution in [0.2, 0.25) is 0 Å². The van der Waals surface area contributed by atoms with Crippen LogP contribution in [0.4, 0.5) is 5.69 Å². The fourth-order valence-corrected chi connectivity index (χ4v) is 2.90. The van der Waals surface area contributed by atoms with Crippen molar-refractivity contribution in [1.82, 2.24) is 4.98 Å². The van der Waals surface area contributed by atoms with Gasteiger partial charge in [0.1, 0.15) is 5.75 Å². The lowest BCUT2D eigenvalue weighted by molar-refractivity contribution is 0.415. The van der Waals surface area contributed by atoms with Gasteiger partial charge in [0.2, 0.25) is 0 Å². The Kier molecular flexibility index (Phi) is 4.99. The number of hydrogen-bond acceptors (Lipinski definition) is 4. The number of benzene rings is 1. The predicted octanol–water partition coefficient (Wildman–Crippen LogP) is 4.29. The molecule has 0 radical (unpaired) electrons. The molecule has 0 aliphatic carbocycles. The zero-order valence-electron chi connectivity index (χ0n) is 10.6. The van der Waals surface area contributed by atoms with Crippen LogP contribution >= 0.6 is 31.9 Å². The summed E-state index contributed by atoms with van der Waals surface area (Å²) in [5.41, 5.74) is 1.44. The third-order valence-corrected chi connectivity index (χ3v) is 3.69. The normalized spacial score (nSPS) is 11.5. The molecule has 2 aromatic rings. The third-order valence-electron chi connectivity index (χ3n) is 2.62. The van der Waals surface area contributed by atoms with Gasteiger partial charge in [0.25, 0.3) is 0 Å². The molecule has 102 valence electrons. The SMILES string of the molecule is COc1cccc(NC(C#N)c2ncc(Br)cc2Br)c1. The van der Waals surface area contributed by atoms with Gasteiger partial charge in [-0.2, -0.15) is 5.26 Å². The molecule has 1 aromatic carbocycles. The van der Waals surface area contributed by atoms with Crippen LogP contribution in [-0.4, -0.2) is 12.1 Å². The fourth-order valence-electron chi connectivity index (χ4n) is 1.68. The molecule has 0 spiro atoms. The quantitative estimate of drug-likeness (QED) is 0.837. The number of rotatable bonds is 4. The molecule has 1 N–H and O–H groups in total. The Morgan fingerprint density at radius 3 is 2.80 bits per heavy atom. The summed E-state index contributed by atoms with van der Waals surface area (Å²) in [4.78, 5) is 4.28. The second-order valence-corrected chi connectivity index (χ2v) is 5.73. The molecule has 2 rings (SSSR count). The Hall–Kier alpha value is -1.58. The highest BCUT2D eigenvalue weighted by molar-refractivity contribution is 9.11. The number of hydrogen-bond donors (Lipinski definition) is 1. The minimum Gasteiger partial charge on any atom is -0.497 e. The molecule has 0 amide bonds. The van der Waals surface area contributed by atoms with E-state index in [1.807, 2.05) is 30.3 Å². The summed E-state index contributed by atoms with van der Waals surface area (Å²) >= 11 is 6.76. The third kappa shape index (κ3) is 3.50. The molecule has 1 unspecified atom stereocenters. The van der Waals surface area contributed by atoms with Gasteiger partial charge < -0.3 is 10.1 Å². The minimum absolute atomic E-state index is 0.551. The van der Waals surface area contributed by atoms with Crippen molar-refractivity contribution in [3.05, 3.63) is 51.2 Å². The Morgan fingerprint density at radius 1 is 1.35 bits per heavy atom. The lowest BCUT2D eigenvalue weighted by Gasteiger charge is -2.14. The zero-order chi connectivity index (χ0) is 14.5. The number of methoxy groups -OCH3 is 1. The van der Waals surface area contributed by atoms with Crippen molar-refractivity contribution in [3.8, 4) is 11.8 Å². The summed E-state index contributed by atoms with van der Waals surface area (Å²) < 4.78 is 6.79. The number of anilines is 1. The van der Waals surface area contributed by atoms with Crippen LogP contribution in [0.25, 0.3) is 0 Å². The molecule has 0 fully saturated rings. The van der Waals surface area contributed by atoms with Gasteiger partial charge in [-0.1, -0.05) is 6.07 Å². The van der Waals surface area contributed by atoms with Crippen molar-refractivity contribution < 1.29 is 4.74 Å². The maximum absolute atomic E-state index is 9.34. The first-order valence-corrected chi connectivity index (χ1v) is 7.34. The predicted molar refractivity (Wildman–Crippen MR) is 84.6 cm³/mol. The summed E-state index contributed by atoms with van der Waals surface area (Å²) in [7, 11) is 1.60. The maximum atomic E-state index is 9.34. The summed E-state index contributed by atoms with van der Waals surface area (Å²) in [5, 5.41) is 12.5. The van der Waals surface area contributed by atoms with Gasteiger partial charge in [0.15, 0.2) is 6.04 Å². The first-order chi connectivity index (χ1) is 9.63. The van der Waals surface area contributed by atoms with Crippen LogP contribution < -0.4 is 10.1 Å². The topological polar surface area (TPSA) is 57.9 Å². The van der Waals surface area contributed by atoms with Gasteiger partial charge in [-0.15, -0.1) is 0 Å². The van der Waals surface area contributed by atoms with Crippen LogP contribution in [-0.2, 0) is 0 Å². The van der Waals surface area contributed by atoms with Crippen molar-refractivity contribution in [3.63, 3.8) is 0 Å². The monoisotopic (exact) mass is 395 g/mol. The van der Waals surface area contributed by atoms with Crippen LogP contribution in [0.5, 0.6) is 5.75 Å². The molecule has 1 atom stereocenters. The number of nitrogens with zero attached hydrogens (tertiary/aromatic N) is 2. The smallest absolute Gasteiger partial charge is 0.158 e. The molecule has 4 nitrogen and oxygen atoms in total. The van der Waals surface area contributed by atoms with E-state index in [-0.39, 0.29) is 0 Å². The Labute approximate surface area is 134 Å². The van der Waals surface area contributed by atoms with Gasteiger partial charge in [-0.25, -0.2) is 0 Å². The number of halogens is 2. The van der Waals surface area contributed by atoms with Crippen molar-refractivity contribution >= 4 is 37.5 Å². The largest absolute Gasteiger partial charge is 0.497 e. The maximum Gasteiger partial charge on any atom is 0.158 e. The van der Waals surface area contributed by atoms with Gasteiger partial charge in [0.05, 0.1) is 18.9 Å². The van der Waals surface area contributed by atoms with Crippen molar-refractivity contribution in [2.24, 2.45) is 0 Å². The summed E-state index contributed by atoms with van der Waals surface area (Å²) in [5.74, 6) is 0.731. The lowest BCUT2D eigenvalue weighted by atomic mass is 10.2. The number of nitrogens with one attached hydrogen (secondary N) is 1. The van der Waals surface area contributed by atoms with Crippen LogP contribution in [0, 0.1) is 11.3 Å². The van der Waals surface area contributed by atoms with Crippen LogP contribution in [0.1, 0.15) is 11.7 Å². The molecular weight excluding hydrogens is 386 g/mol. The van der Waals surface area contributed by atoms with Gasteiger partial charge in [-0.05, 0) is 50.1 Å². The van der Waals surface area contributed by atoms with E-state index in [9.17, 15) is 5.26 Å². The first kappa shape index (κ1) is 14.8. The lowest BCUT2D eigenvalue weighted by Crippen LogP contribution is -2.11. The second kappa shape index (κ2) is 6.73. The summed E-state index contributed by atoms with van der Waals surface area (Å²) in [6, 6.07) is 10.9. The van der Waals surface area contributed by atoms with Gasteiger partial charge >= 0.3 is 0 Å². The fraction of sp³-hybridized carbons (Fsp3) is 0.143. The van der Waals surface area contributed by atoms with E-state index in [0.717, 1.165) is 20.4 Å². The average molecular weight is 397 g/mol. The van der Waals surface area contributed by atoms with Gasteiger partial charge in [0, 0.05) is 26.9 Å². The molecule has 0 aliphatic rings. The number of aromatic nitrogens is 1. The number of ether oxygens (including phenoxy) is 1. The van der Waals surface area contributed by atoms with Crippen LogP contribution in [0.3, 0.4) is 0 Å². The molecule has 0 bridgehead atoms. The highest BCUT2D eigenvalue weighted by Crippen LogP contribution is 2.27. The highest BCUT2D eigenvalue weighted by Gasteiger charge is 2.16. The van der Waals surface area contributed by atoms with E-state index in [4.69, 9.17) is 4.74 Å². The van der Waals surface area contributed by atoms with E-state index < -0.39 is 6.04 Å². The second-order valence-electron chi connectivity index (χ2n) is 3.96. The molecule has 20 heavy (non-hydrogen) atoms. The molecule has 0 aliphatic heterocycles. The van der Waals surface area contributed by atoms with E-state index in [0.29, 0.717) is 5.69 Å². The molecule has 0 saturated heterocycles. The summed E-state index contributed by atoms with van der Waals surface area (Å²) in [6.45, 7) is 0. The Morgan fingerprint density at radius 2 is 2.15 bits per heavy atom. The Bertz CT molecular complexity index is 655. The zero-order valence-corrected chi connectivity index (χ0v) is 13.8. The van der Waals surface area contributed by atoms with E-state index in [2.05, 4.69) is 48.2 Å². The molecular formula is C14H11Br2N3O. The minimum atomic E-state index is -0.551. The van der Waals surface area contributed by atoms with Crippen molar-refractivity contribution in [1.29, 1.82) is 5.26 Å². The first-order valence-electron chi connectivity index (χ1n) is 5.75. The average Bonchev–Trinajstić information content (AvgIpc) is 2.45. The van der Waals surface area contributed by atoms with Crippen molar-refractivity contribution in [2.75, 3.05) is 12.4 Å². The Balaban J connectivity index is 2.27. The van der Waals surface area contributed by atoms with E-state index in [1.165, 1.54) is 0 Å². The summed E-state index contributed by atoms with van der Waals surface area (Å²) in [6.07, 6.45) is 1.66. The molecule has 1 heterocycles. The molecule has 1 aromatic heterocycles. The molecule has 6 heteroatoms. The highest BCUT2D eigenvalue weighted by atomic mass is 79.9. The van der Waals surface area contributed by atoms with Gasteiger partial charge in [-0.3, -0.25) is 4.98 Å².